The van der Waals surface area contributed by atoms with Crippen LogP contribution in [0.4, 0.5) is 0 Å². The monoisotopic (exact) mass is 401 g/mol. The van der Waals surface area contributed by atoms with Crippen molar-refractivity contribution >= 4 is 15.7 Å². The normalized spacial score (nSPS) is 11.8. The fraction of sp³-hybridized carbons (Fsp3) is 0.294. The number of hydrogen-bond acceptors (Lipinski definition) is 6. The summed E-state index contributed by atoms with van der Waals surface area (Å²) in [5.74, 6) is -0.108. The minimum atomic E-state index is -3.50. The number of H-pyrrole nitrogens is 1. The lowest BCUT2D eigenvalue weighted by molar-refractivity contribution is 0.568. The Morgan fingerprint density at radius 2 is 2.21 bits per heavy atom. The summed E-state index contributed by atoms with van der Waals surface area (Å²) < 4.78 is 28.0. The van der Waals surface area contributed by atoms with Crippen molar-refractivity contribution < 1.29 is 8.42 Å². The fourth-order valence-corrected chi connectivity index (χ4v) is 3.31. The molecule has 0 fully saturated rings. The van der Waals surface area contributed by atoms with Crippen molar-refractivity contribution in [2.24, 2.45) is 0 Å². The molecule has 0 bridgehead atoms. The molecule has 3 aromatic rings. The first kappa shape index (κ1) is 19.5. The Kier molecular flexibility index (Phi) is 5.17. The van der Waals surface area contributed by atoms with E-state index in [2.05, 4.69) is 26.5 Å². The molecule has 3 aromatic heterocycles. The SMILES string of the molecule is C=CS(=O)(=O)NCCn1cc(-c2nc3c(C#N)c[nH]n3c(=O)c2C(C)C)cn1. The second-order valence-corrected chi connectivity index (χ2v) is 8.10. The van der Waals surface area contributed by atoms with Crippen molar-refractivity contribution in [1.29, 1.82) is 5.26 Å². The van der Waals surface area contributed by atoms with Gasteiger partial charge in [-0.15, -0.1) is 0 Å². The Bertz CT molecular complexity index is 1240. The summed E-state index contributed by atoms with van der Waals surface area (Å²) in [4.78, 5) is 17.4. The van der Waals surface area contributed by atoms with E-state index in [-0.39, 0.29) is 29.2 Å². The van der Waals surface area contributed by atoms with Crippen LogP contribution < -0.4 is 10.3 Å². The zero-order valence-electron chi connectivity index (χ0n) is 15.4. The largest absolute Gasteiger partial charge is 0.295 e. The van der Waals surface area contributed by atoms with Crippen LogP contribution in [-0.4, -0.2) is 39.3 Å². The molecule has 0 saturated carbocycles. The molecular formula is C17H19N7O3S. The molecule has 10 nitrogen and oxygen atoms in total. The Labute approximate surface area is 161 Å². The molecule has 0 amide bonds. The van der Waals surface area contributed by atoms with Crippen LogP contribution in [0.15, 0.2) is 35.4 Å². The first-order valence-corrected chi connectivity index (χ1v) is 10.0. The quantitative estimate of drug-likeness (QED) is 0.604. The van der Waals surface area contributed by atoms with Gasteiger partial charge in [0.15, 0.2) is 5.65 Å². The molecule has 0 aliphatic rings. The Morgan fingerprint density at radius 3 is 2.86 bits per heavy atom. The van der Waals surface area contributed by atoms with Crippen LogP contribution in [0.3, 0.4) is 0 Å². The van der Waals surface area contributed by atoms with Crippen LogP contribution >= 0.6 is 0 Å². The summed E-state index contributed by atoms with van der Waals surface area (Å²) in [7, 11) is -3.50. The van der Waals surface area contributed by atoms with Crippen molar-refractivity contribution in [2.75, 3.05) is 6.54 Å². The Hall–Kier alpha value is -3.23. The lowest BCUT2D eigenvalue weighted by atomic mass is 10.00. The van der Waals surface area contributed by atoms with Crippen LogP contribution in [0, 0.1) is 11.3 Å². The van der Waals surface area contributed by atoms with Crippen molar-refractivity contribution in [2.45, 2.75) is 26.3 Å². The number of nitrogens with one attached hydrogen (secondary N) is 2. The van der Waals surface area contributed by atoms with Gasteiger partial charge in [0.1, 0.15) is 11.6 Å². The average Bonchev–Trinajstić information content (AvgIpc) is 3.27. The highest BCUT2D eigenvalue weighted by molar-refractivity contribution is 7.92. The predicted molar refractivity (Wildman–Crippen MR) is 103 cm³/mol. The lowest BCUT2D eigenvalue weighted by Gasteiger charge is -2.10. The lowest BCUT2D eigenvalue weighted by Crippen LogP contribution is -2.25. The van der Waals surface area contributed by atoms with Gasteiger partial charge in [0.25, 0.3) is 5.56 Å². The third-order valence-electron chi connectivity index (χ3n) is 4.17. The predicted octanol–water partition coefficient (Wildman–Crippen LogP) is 0.944. The molecule has 3 rings (SSSR count). The van der Waals surface area contributed by atoms with Crippen molar-refractivity contribution in [1.82, 2.24) is 29.1 Å². The van der Waals surface area contributed by atoms with E-state index in [1.807, 2.05) is 19.9 Å². The molecule has 0 atom stereocenters. The fourth-order valence-electron chi connectivity index (χ4n) is 2.82. The number of nitrogens with zero attached hydrogens (tertiary/aromatic N) is 5. The molecule has 0 saturated heterocycles. The molecule has 0 aromatic carbocycles. The van der Waals surface area contributed by atoms with E-state index in [1.165, 1.54) is 10.7 Å². The second kappa shape index (κ2) is 7.41. The standard InChI is InChI=1S/C17H19N7O3S/c1-4-28(26,27)21-5-6-23-10-13(9-19-23)15-14(11(2)3)17(25)24-16(22-15)12(7-18)8-20-24/h4,8-11,20-21H,1,5-6H2,2-3H3. The van der Waals surface area contributed by atoms with Gasteiger partial charge in [-0.2, -0.15) is 10.4 Å². The maximum atomic E-state index is 12.9. The molecule has 0 aliphatic carbocycles. The molecule has 146 valence electrons. The summed E-state index contributed by atoms with van der Waals surface area (Å²) in [5.41, 5.74) is 1.80. The second-order valence-electron chi connectivity index (χ2n) is 6.39. The van der Waals surface area contributed by atoms with Crippen molar-refractivity contribution in [3.63, 3.8) is 0 Å². The molecule has 0 radical (unpaired) electrons. The molecule has 0 aliphatic heterocycles. The zero-order valence-corrected chi connectivity index (χ0v) is 16.2. The molecule has 2 N–H and O–H groups in total. The topological polar surface area (TPSA) is 138 Å². The zero-order chi connectivity index (χ0) is 20.5. The molecule has 0 unspecified atom stereocenters. The summed E-state index contributed by atoms with van der Waals surface area (Å²) in [5, 5.41) is 17.0. The first-order chi connectivity index (χ1) is 13.3. The van der Waals surface area contributed by atoms with Crippen molar-refractivity contribution in [3.8, 4) is 17.3 Å². The number of sulfonamides is 1. The first-order valence-electron chi connectivity index (χ1n) is 8.46. The number of aromatic nitrogens is 5. The average molecular weight is 401 g/mol. The van der Waals surface area contributed by atoms with E-state index in [0.717, 1.165) is 5.41 Å². The highest BCUT2D eigenvalue weighted by atomic mass is 32.2. The Morgan fingerprint density at radius 1 is 1.46 bits per heavy atom. The van der Waals surface area contributed by atoms with Gasteiger partial charge in [-0.05, 0) is 5.92 Å². The number of fused-ring (bicyclic) bond motifs is 1. The maximum absolute atomic E-state index is 12.9. The number of rotatable bonds is 7. The van der Waals surface area contributed by atoms with Gasteiger partial charge in [0.05, 0.1) is 18.4 Å². The summed E-state index contributed by atoms with van der Waals surface area (Å²) >= 11 is 0. The van der Waals surface area contributed by atoms with Gasteiger partial charge in [-0.3, -0.25) is 14.6 Å². The highest BCUT2D eigenvalue weighted by Gasteiger charge is 2.20. The van der Waals surface area contributed by atoms with E-state index in [0.29, 0.717) is 23.4 Å². The summed E-state index contributed by atoms with van der Waals surface area (Å²) in [6, 6.07) is 2.01. The highest BCUT2D eigenvalue weighted by Crippen LogP contribution is 2.25. The minimum Gasteiger partial charge on any atom is -0.295 e. The van der Waals surface area contributed by atoms with Crippen molar-refractivity contribution in [3.05, 3.63) is 52.1 Å². The van der Waals surface area contributed by atoms with Gasteiger partial charge in [-0.25, -0.2) is 22.6 Å². The number of nitriles is 1. The van der Waals surface area contributed by atoms with Crippen LogP contribution in [0.25, 0.3) is 16.9 Å². The van der Waals surface area contributed by atoms with Gasteiger partial charge in [0, 0.05) is 35.5 Å². The third kappa shape index (κ3) is 3.60. The van der Waals surface area contributed by atoms with E-state index in [9.17, 15) is 18.5 Å². The summed E-state index contributed by atoms with van der Waals surface area (Å²) in [6.45, 7) is 7.43. The molecule has 28 heavy (non-hydrogen) atoms. The van der Waals surface area contributed by atoms with Gasteiger partial charge in [-0.1, -0.05) is 20.4 Å². The van der Waals surface area contributed by atoms with E-state index in [4.69, 9.17) is 0 Å². The number of aromatic amines is 1. The maximum Gasteiger partial charge on any atom is 0.276 e. The van der Waals surface area contributed by atoms with E-state index in [1.54, 1.807) is 17.1 Å². The van der Waals surface area contributed by atoms with Crippen LogP contribution in [-0.2, 0) is 16.6 Å². The summed E-state index contributed by atoms with van der Waals surface area (Å²) in [6.07, 6.45) is 4.68. The van der Waals surface area contributed by atoms with E-state index >= 15 is 0 Å². The van der Waals surface area contributed by atoms with Gasteiger partial charge in [0.2, 0.25) is 10.0 Å². The third-order valence-corrected chi connectivity index (χ3v) is 5.21. The van der Waals surface area contributed by atoms with Gasteiger partial charge < -0.3 is 0 Å². The Balaban J connectivity index is 2.00. The molecule has 0 spiro atoms. The van der Waals surface area contributed by atoms with Crippen LogP contribution in [0.2, 0.25) is 0 Å². The molecular weight excluding hydrogens is 382 g/mol. The molecule has 11 heteroatoms. The van der Waals surface area contributed by atoms with Crippen LogP contribution in [0.1, 0.15) is 30.9 Å². The van der Waals surface area contributed by atoms with E-state index < -0.39 is 10.0 Å². The smallest absolute Gasteiger partial charge is 0.276 e. The number of hydrogen-bond donors (Lipinski definition) is 2. The van der Waals surface area contributed by atoms with Crippen LogP contribution in [0.5, 0.6) is 0 Å². The minimum absolute atomic E-state index is 0.108. The molecule has 3 heterocycles. The van der Waals surface area contributed by atoms with Gasteiger partial charge >= 0.3 is 0 Å².